The minimum absolute atomic E-state index is 0.256. The van der Waals surface area contributed by atoms with E-state index in [0.29, 0.717) is 17.9 Å². The summed E-state index contributed by atoms with van der Waals surface area (Å²) >= 11 is 0. The Labute approximate surface area is 168 Å². The number of nitrogens with zero attached hydrogens (tertiary/aromatic N) is 1. The van der Waals surface area contributed by atoms with Gasteiger partial charge in [0.25, 0.3) is 11.8 Å². The summed E-state index contributed by atoms with van der Waals surface area (Å²) in [6.45, 7) is 5.47. The highest BCUT2D eigenvalue weighted by Crippen LogP contribution is 2.40. The molecule has 9 nitrogen and oxygen atoms in total. The Morgan fingerprint density at radius 2 is 2.00 bits per heavy atom. The lowest BCUT2D eigenvalue weighted by molar-refractivity contribution is -0.156. The second-order valence-electron chi connectivity index (χ2n) is 7.59. The molecule has 2 aliphatic heterocycles. The monoisotopic (exact) mass is 403 g/mol. The van der Waals surface area contributed by atoms with E-state index in [0.717, 1.165) is 4.90 Å². The van der Waals surface area contributed by atoms with Crippen LogP contribution in [0, 0.1) is 5.92 Å². The van der Waals surface area contributed by atoms with Crippen molar-refractivity contribution in [2.24, 2.45) is 5.92 Å². The topological polar surface area (TPSA) is 114 Å². The first-order valence-corrected chi connectivity index (χ1v) is 9.58. The van der Waals surface area contributed by atoms with Gasteiger partial charge in [0.05, 0.1) is 6.61 Å². The van der Waals surface area contributed by atoms with Crippen LogP contribution in [0.5, 0.6) is 5.75 Å². The number of urea groups is 1. The molecule has 1 spiro atoms. The van der Waals surface area contributed by atoms with E-state index in [4.69, 9.17) is 9.47 Å². The molecule has 0 aromatic heterocycles. The summed E-state index contributed by atoms with van der Waals surface area (Å²) in [5.74, 6) is -1.03. The number of imide groups is 1. The number of esters is 1. The zero-order valence-corrected chi connectivity index (χ0v) is 16.7. The zero-order chi connectivity index (χ0) is 21.2. The van der Waals surface area contributed by atoms with Gasteiger partial charge in [-0.05, 0) is 18.9 Å². The predicted octanol–water partition coefficient (Wildman–Crippen LogP) is 0.920. The number of carbonyl (C=O) groups is 4. The van der Waals surface area contributed by atoms with Crippen LogP contribution in [0.25, 0.3) is 0 Å². The first-order chi connectivity index (χ1) is 13.7. The van der Waals surface area contributed by atoms with E-state index in [9.17, 15) is 19.2 Å². The van der Waals surface area contributed by atoms with Crippen molar-refractivity contribution in [1.82, 2.24) is 15.5 Å². The highest BCUT2D eigenvalue weighted by molar-refractivity contribution is 6.09. The third-order valence-electron chi connectivity index (χ3n) is 4.91. The molecule has 1 fully saturated rings. The molecule has 0 bridgehead atoms. The van der Waals surface area contributed by atoms with Gasteiger partial charge in [0.15, 0.2) is 11.6 Å². The number of benzene rings is 1. The highest BCUT2D eigenvalue weighted by atomic mass is 16.5. The van der Waals surface area contributed by atoms with Crippen LogP contribution in [-0.4, -0.2) is 54.5 Å². The maximum atomic E-state index is 13.1. The quantitative estimate of drug-likeness (QED) is 0.539. The number of amides is 4. The molecule has 1 saturated heterocycles. The Kier molecular flexibility index (Phi) is 5.76. The summed E-state index contributed by atoms with van der Waals surface area (Å²) in [5.41, 5.74) is -0.700. The van der Waals surface area contributed by atoms with Crippen LogP contribution in [0.15, 0.2) is 24.3 Å². The van der Waals surface area contributed by atoms with Crippen LogP contribution in [0.3, 0.4) is 0 Å². The molecule has 1 aromatic rings. The van der Waals surface area contributed by atoms with Gasteiger partial charge in [-0.15, -0.1) is 0 Å². The predicted molar refractivity (Wildman–Crippen MR) is 102 cm³/mol. The Hall–Kier alpha value is -3.10. The maximum absolute atomic E-state index is 13.1. The lowest BCUT2D eigenvalue weighted by Crippen LogP contribution is -2.48. The second kappa shape index (κ2) is 8.10. The Bertz CT molecular complexity index is 839. The number of hydrogen-bond acceptors (Lipinski definition) is 6. The van der Waals surface area contributed by atoms with Crippen molar-refractivity contribution in [2.75, 3.05) is 19.7 Å². The molecule has 2 N–H and O–H groups in total. The van der Waals surface area contributed by atoms with E-state index in [2.05, 4.69) is 10.6 Å². The minimum atomic E-state index is -1.26. The summed E-state index contributed by atoms with van der Waals surface area (Å²) in [4.78, 5) is 50.6. The maximum Gasteiger partial charge on any atom is 0.327 e. The molecule has 2 atom stereocenters. The summed E-state index contributed by atoms with van der Waals surface area (Å²) in [6, 6.07) is 6.29. The fourth-order valence-corrected chi connectivity index (χ4v) is 3.38. The molecule has 3 rings (SSSR count). The van der Waals surface area contributed by atoms with Gasteiger partial charge < -0.3 is 20.1 Å². The number of fused-ring (bicyclic) bond motifs is 2. The van der Waals surface area contributed by atoms with Crippen molar-refractivity contribution < 1.29 is 28.7 Å². The number of rotatable bonds is 6. The van der Waals surface area contributed by atoms with Gasteiger partial charge in [0.1, 0.15) is 12.3 Å². The lowest BCUT2D eigenvalue weighted by Gasteiger charge is -2.33. The van der Waals surface area contributed by atoms with Crippen LogP contribution < -0.4 is 15.4 Å². The average Bonchev–Trinajstić information content (AvgIpc) is 2.91. The Morgan fingerprint density at radius 3 is 2.72 bits per heavy atom. The summed E-state index contributed by atoms with van der Waals surface area (Å²) in [5, 5.41) is 5.38. The minimum Gasteiger partial charge on any atom is -0.493 e. The van der Waals surface area contributed by atoms with Gasteiger partial charge in [-0.1, -0.05) is 32.0 Å². The standard InChI is InChI=1S/C20H25N3O6/c1-12(2)10-21-17(25)13(3)29-16(24)11-23-18(26)20(22-19(23)27)8-9-28-15-7-5-4-6-14(15)20/h4-7,12-13H,8-11H2,1-3H3,(H,21,25)(H,22,27)/t13-,20+/m1/s1. The first-order valence-electron chi connectivity index (χ1n) is 9.58. The molecule has 2 aliphatic rings. The van der Waals surface area contributed by atoms with E-state index >= 15 is 0 Å². The molecule has 156 valence electrons. The molecule has 0 saturated carbocycles. The third-order valence-corrected chi connectivity index (χ3v) is 4.91. The van der Waals surface area contributed by atoms with Gasteiger partial charge >= 0.3 is 12.0 Å². The molecule has 0 aliphatic carbocycles. The highest BCUT2D eigenvalue weighted by Gasteiger charge is 2.55. The summed E-state index contributed by atoms with van der Waals surface area (Å²) < 4.78 is 10.7. The Balaban J connectivity index is 1.67. The van der Waals surface area contributed by atoms with Crippen LogP contribution in [-0.2, 0) is 24.7 Å². The number of nitrogens with one attached hydrogen (secondary N) is 2. The number of para-hydroxylation sites is 1. The van der Waals surface area contributed by atoms with Crippen molar-refractivity contribution in [1.29, 1.82) is 0 Å². The van der Waals surface area contributed by atoms with Crippen molar-refractivity contribution >= 4 is 23.8 Å². The fourth-order valence-electron chi connectivity index (χ4n) is 3.38. The fraction of sp³-hybridized carbons (Fsp3) is 0.500. The lowest BCUT2D eigenvalue weighted by atomic mass is 9.84. The SMILES string of the molecule is CC(C)CNC(=O)[C@@H](C)OC(=O)CN1C(=O)N[C@]2(CCOc3ccccc32)C1=O. The normalized spacial score (nSPS) is 21.4. The summed E-state index contributed by atoms with van der Waals surface area (Å²) in [7, 11) is 0. The van der Waals surface area contributed by atoms with Crippen LogP contribution in [0.1, 0.15) is 32.8 Å². The molecule has 29 heavy (non-hydrogen) atoms. The molecule has 0 radical (unpaired) electrons. The zero-order valence-electron chi connectivity index (χ0n) is 16.7. The van der Waals surface area contributed by atoms with Crippen LogP contribution in [0.4, 0.5) is 4.79 Å². The van der Waals surface area contributed by atoms with Crippen molar-refractivity contribution in [3.63, 3.8) is 0 Å². The van der Waals surface area contributed by atoms with Crippen LogP contribution >= 0.6 is 0 Å². The molecular formula is C20H25N3O6. The average molecular weight is 403 g/mol. The van der Waals surface area contributed by atoms with Crippen molar-refractivity contribution in [2.45, 2.75) is 38.8 Å². The molecule has 9 heteroatoms. The van der Waals surface area contributed by atoms with E-state index in [-0.39, 0.29) is 18.9 Å². The number of hydrogen-bond donors (Lipinski definition) is 2. The van der Waals surface area contributed by atoms with Crippen molar-refractivity contribution in [3.05, 3.63) is 29.8 Å². The largest absolute Gasteiger partial charge is 0.493 e. The van der Waals surface area contributed by atoms with Crippen LogP contribution in [0.2, 0.25) is 0 Å². The smallest absolute Gasteiger partial charge is 0.327 e. The second-order valence-corrected chi connectivity index (χ2v) is 7.59. The van der Waals surface area contributed by atoms with E-state index in [1.165, 1.54) is 6.92 Å². The van der Waals surface area contributed by atoms with E-state index < -0.39 is 42.0 Å². The molecular weight excluding hydrogens is 378 g/mol. The third kappa shape index (κ3) is 4.03. The van der Waals surface area contributed by atoms with Gasteiger partial charge in [-0.25, -0.2) is 4.79 Å². The molecule has 4 amide bonds. The van der Waals surface area contributed by atoms with Gasteiger partial charge in [0.2, 0.25) is 0 Å². The molecule has 0 unspecified atom stereocenters. The Morgan fingerprint density at radius 1 is 1.28 bits per heavy atom. The van der Waals surface area contributed by atoms with E-state index in [1.807, 2.05) is 13.8 Å². The van der Waals surface area contributed by atoms with Gasteiger partial charge in [-0.3, -0.25) is 19.3 Å². The molecule has 1 aromatic carbocycles. The number of carbonyl (C=O) groups excluding carboxylic acids is 4. The number of ether oxygens (including phenoxy) is 2. The summed E-state index contributed by atoms with van der Waals surface area (Å²) in [6.07, 6.45) is -0.770. The van der Waals surface area contributed by atoms with Gasteiger partial charge in [0, 0.05) is 18.5 Å². The molecule has 2 heterocycles. The van der Waals surface area contributed by atoms with Gasteiger partial charge in [-0.2, -0.15) is 0 Å². The first kappa shape index (κ1) is 20.6. The van der Waals surface area contributed by atoms with Crippen molar-refractivity contribution in [3.8, 4) is 5.75 Å². The van der Waals surface area contributed by atoms with E-state index in [1.54, 1.807) is 24.3 Å².